The first kappa shape index (κ1) is 13.3. The molecule has 0 spiro atoms. The first-order valence-electron chi connectivity index (χ1n) is 5.90. The van der Waals surface area contributed by atoms with Crippen molar-refractivity contribution >= 4 is 5.69 Å². The van der Waals surface area contributed by atoms with E-state index in [9.17, 15) is 0 Å². The number of nitrogens with two attached hydrogens (primary N) is 1. The van der Waals surface area contributed by atoms with Gasteiger partial charge in [-0.2, -0.15) is 5.26 Å². The summed E-state index contributed by atoms with van der Waals surface area (Å²) in [6, 6.07) is 9.91. The molecule has 0 fully saturated rings. The molecule has 0 saturated heterocycles. The van der Waals surface area contributed by atoms with Gasteiger partial charge in [0.05, 0.1) is 12.7 Å². The van der Waals surface area contributed by atoms with Gasteiger partial charge in [0, 0.05) is 18.7 Å². The predicted octanol–water partition coefficient (Wildman–Crippen LogP) is 2.13. The molecule has 92 valence electrons. The number of benzene rings is 1. The lowest BCUT2D eigenvalue weighted by Crippen LogP contribution is -2.08. The van der Waals surface area contributed by atoms with Crippen molar-refractivity contribution in [1.82, 2.24) is 0 Å². The van der Waals surface area contributed by atoms with Crippen molar-refractivity contribution in [1.29, 1.82) is 5.26 Å². The van der Waals surface area contributed by atoms with Crippen molar-refractivity contribution < 1.29 is 4.74 Å². The molecule has 0 atom stereocenters. The maximum atomic E-state index is 8.38. The number of nitriles is 1. The molecule has 0 radical (unpaired) electrons. The lowest BCUT2D eigenvalue weighted by Gasteiger charge is -2.08. The van der Waals surface area contributed by atoms with E-state index in [2.05, 4.69) is 11.4 Å². The molecule has 0 amide bonds. The lowest BCUT2D eigenvalue weighted by molar-refractivity contribution is 0.313. The molecule has 0 bridgehead atoms. The molecular weight excluding hydrogens is 214 g/mol. The molecule has 1 aromatic rings. The number of nitrogens with zero attached hydrogens (tertiary/aromatic N) is 1. The summed E-state index contributed by atoms with van der Waals surface area (Å²) in [4.78, 5) is 0. The van der Waals surface area contributed by atoms with E-state index in [1.165, 1.54) is 0 Å². The summed E-state index contributed by atoms with van der Waals surface area (Å²) in [6.45, 7) is 2.18. The van der Waals surface area contributed by atoms with Crippen LogP contribution in [0.15, 0.2) is 24.3 Å². The van der Waals surface area contributed by atoms with E-state index in [0.29, 0.717) is 19.6 Å². The van der Waals surface area contributed by atoms with Crippen molar-refractivity contribution in [2.24, 2.45) is 5.73 Å². The molecule has 0 heterocycles. The molecule has 0 aliphatic carbocycles. The zero-order chi connectivity index (χ0) is 12.3. The van der Waals surface area contributed by atoms with Gasteiger partial charge < -0.3 is 15.8 Å². The Balaban J connectivity index is 2.27. The zero-order valence-corrected chi connectivity index (χ0v) is 9.98. The van der Waals surface area contributed by atoms with E-state index >= 15 is 0 Å². The Bertz CT molecular complexity index is 343. The van der Waals surface area contributed by atoms with Gasteiger partial charge in [-0.15, -0.1) is 0 Å². The summed E-state index contributed by atoms with van der Waals surface area (Å²) in [7, 11) is 0. The summed E-state index contributed by atoms with van der Waals surface area (Å²) in [5.74, 6) is 0.840. The zero-order valence-electron chi connectivity index (χ0n) is 9.98. The Morgan fingerprint density at radius 3 is 2.65 bits per heavy atom. The van der Waals surface area contributed by atoms with Crippen LogP contribution >= 0.6 is 0 Å². The van der Waals surface area contributed by atoms with Crippen LogP contribution in [-0.2, 0) is 0 Å². The fraction of sp³-hybridized carbons (Fsp3) is 0.462. The van der Waals surface area contributed by atoms with Crippen molar-refractivity contribution in [3.63, 3.8) is 0 Å². The quantitative estimate of drug-likeness (QED) is 0.675. The number of nitrogens with one attached hydrogen (secondary N) is 1. The van der Waals surface area contributed by atoms with Crippen LogP contribution in [0.5, 0.6) is 5.75 Å². The fourth-order valence-electron chi connectivity index (χ4n) is 1.35. The van der Waals surface area contributed by atoms with Crippen LogP contribution in [-0.4, -0.2) is 19.7 Å². The van der Waals surface area contributed by atoms with E-state index in [0.717, 1.165) is 30.8 Å². The summed E-state index contributed by atoms with van der Waals surface area (Å²) >= 11 is 0. The van der Waals surface area contributed by atoms with E-state index in [-0.39, 0.29) is 0 Å². The van der Waals surface area contributed by atoms with Crippen molar-refractivity contribution in [2.45, 2.75) is 19.3 Å². The predicted molar refractivity (Wildman–Crippen MR) is 68.9 cm³/mol. The molecule has 0 aliphatic rings. The highest BCUT2D eigenvalue weighted by molar-refractivity contribution is 5.46. The molecule has 0 aliphatic heterocycles. The molecule has 1 aromatic carbocycles. The number of unbranched alkanes of at least 4 members (excludes halogenated alkanes) is 1. The minimum Gasteiger partial charge on any atom is -0.494 e. The van der Waals surface area contributed by atoms with Gasteiger partial charge in [0.1, 0.15) is 5.75 Å². The number of anilines is 1. The molecule has 0 unspecified atom stereocenters. The highest BCUT2D eigenvalue weighted by Crippen LogP contribution is 2.15. The monoisotopic (exact) mass is 233 g/mol. The van der Waals surface area contributed by atoms with Crippen LogP contribution in [0.25, 0.3) is 0 Å². The lowest BCUT2D eigenvalue weighted by atomic mass is 10.3. The molecule has 0 aromatic heterocycles. The molecule has 3 N–H and O–H groups in total. The molecule has 4 heteroatoms. The standard InChI is InChI=1S/C13H19N3O/c14-8-1-2-11-17-13-6-4-12(5-7-13)16-10-3-9-15/h4-7,16H,1-3,9-11,15H2. The number of ether oxygens (including phenoxy) is 1. The second-order valence-electron chi connectivity index (χ2n) is 3.70. The second kappa shape index (κ2) is 8.43. The number of rotatable bonds is 8. The van der Waals surface area contributed by atoms with Crippen molar-refractivity contribution in [3.05, 3.63) is 24.3 Å². The van der Waals surface area contributed by atoms with Gasteiger partial charge in [0.2, 0.25) is 0 Å². The minimum atomic E-state index is 0.540. The van der Waals surface area contributed by atoms with Gasteiger partial charge in [-0.3, -0.25) is 0 Å². The van der Waals surface area contributed by atoms with Crippen LogP contribution in [0.1, 0.15) is 19.3 Å². The van der Waals surface area contributed by atoms with Crippen molar-refractivity contribution in [3.8, 4) is 11.8 Å². The molecular formula is C13H19N3O. The van der Waals surface area contributed by atoms with Crippen LogP contribution in [0.4, 0.5) is 5.69 Å². The Morgan fingerprint density at radius 1 is 1.24 bits per heavy atom. The molecule has 17 heavy (non-hydrogen) atoms. The SMILES string of the molecule is N#CCCCOc1ccc(NCCCN)cc1. The third-order valence-electron chi connectivity index (χ3n) is 2.27. The molecule has 4 nitrogen and oxygen atoms in total. The Morgan fingerprint density at radius 2 is 2.00 bits per heavy atom. The van der Waals surface area contributed by atoms with Gasteiger partial charge in [-0.05, 0) is 43.7 Å². The number of hydrogen-bond donors (Lipinski definition) is 2. The van der Waals surface area contributed by atoms with Gasteiger partial charge in [0.25, 0.3) is 0 Å². The Hall–Kier alpha value is -1.73. The van der Waals surface area contributed by atoms with E-state index in [4.69, 9.17) is 15.7 Å². The normalized spacial score (nSPS) is 9.65. The average Bonchev–Trinajstić information content (AvgIpc) is 2.37. The highest BCUT2D eigenvalue weighted by Gasteiger charge is 1.95. The van der Waals surface area contributed by atoms with Crippen LogP contribution in [0.2, 0.25) is 0 Å². The maximum absolute atomic E-state index is 8.38. The van der Waals surface area contributed by atoms with Crippen LogP contribution in [0.3, 0.4) is 0 Å². The first-order chi connectivity index (χ1) is 8.36. The summed E-state index contributed by atoms with van der Waals surface area (Å²) < 4.78 is 5.49. The van der Waals surface area contributed by atoms with E-state index < -0.39 is 0 Å². The Labute approximate surface area is 102 Å². The average molecular weight is 233 g/mol. The van der Waals surface area contributed by atoms with Crippen LogP contribution < -0.4 is 15.8 Å². The Kier molecular flexibility index (Phi) is 6.61. The molecule has 0 saturated carbocycles. The van der Waals surface area contributed by atoms with Gasteiger partial charge >= 0.3 is 0 Å². The largest absolute Gasteiger partial charge is 0.494 e. The van der Waals surface area contributed by atoms with Gasteiger partial charge in [0.15, 0.2) is 0 Å². The fourth-order valence-corrected chi connectivity index (χ4v) is 1.35. The maximum Gasteiger partial charge on any atom is 0.119 e. The highest BCUT2D eigenvalue weighted by atomic mass is 16.5. The topological polar surface area (TPSA) is 71.1 Å². The summed E-state index contributed by atoms with van der Waals surface area (Å²) in [5.41, 5.74) is 6.49. The third kappa shape index (κ3) is 5.79. The molecule has 1 rings (SSSR count). The second-order valence-corrected chi connectivity index (χ2v) is 3.70. The third-order valence-corrected chi connectivity index (χ3v) is 2.27. The minimum absolute atomic E-state index is 0.540. The van der Waals surface area contributed by atoms with Crippen molar-refractivity contribution in [2.75, 3.05) is 25.0 Å². The van der Waals surface area contributed by atoms with Gasteiger partial charge in [-0.1, -0.05) is 0 Å². The van der Waals surface area contributed by atoms with E-state index in [1.807, 2.05) is 24.3 Å². The van der Waals surface area contributed by atoms with Crippen LogP contribution in [0, 0.1) is 11.3 Å². The van der Waals surface area contributed by atoms with Gasteiger partial charge in [-0.25, -0.2) is 0 Å². The number of hydrogen-bond acceptors (Lipinski definition) is 4. The summed E-state index contributed by atoms with van der Waals surface area (Å²) in [5, 5.41) is 11.7. The smallest absolute Gasteiger partial charge is 0.119 e. The summed E-state index contributed by atoms with van der Waals surface area (Å²) in [6.07, 6.45) is 2.28. The first-order valence-corrected chi connectivity index (χ1v) is 5.90. The van der Waals surface area contributed by atoms with E-state index in [1.54, 1.807) is 0 Å².